The highest BCUT2D eigenvalue weighted by molar-refractivity contribution is 5.78. The molecule has 0 aromatic carbocycles. The summed E-state index contributed by atoms with van der Waals surface area (Å²) >= 11 is 0. The lowest BCUT2D eigenvalue weighted by molar-refractivity contribution is -0.121. The standard InChI is InChI=1S/C32H59NO2.3H2/c1-11-14-16-17-30(34)21-29(25(6)7)22-35-23-33-32(18-15-12-2)27(10)20-28(19-24(4)5)31(13-3)26(8)9;;;/h24-26,28-29,32-33H,3,10-12,14-23H2,1-2,4-9H3;3*1H/t28-,29-,32+;;;/m1.../s1. The SMILES string of the molecule is C=C=C(C(C)C)[C@@H](CC(=C)[C@H](CCCC)NCOC[C@@H](CC(=O)CCCCC)C(C)C)CC(C)C.[HH].[HH].[HH]. The van der Waals surface area contributed by atoms with Crippen LogP contribution >= 0.6 is 0 Å². The Balaban J connectivity index is -0.00000193. The van der Waals surface area contributed by atoms with Gasteiger partial charge in [0, 0.05) is 23.2 Å². The smallest absolute Gasteiger partial charge is 0.133 e. The molecule has 0 aliphatic rings. The van der Waals surface area contributed by atoms with Crippen LogP contribution < -0.4 is 5.32 Å². The molecular weight excluding hydrogens is 430 g/mol. The first-order chi connectivity index (χ1) is 16.6. The number of ether oxygens (including phenoxy) is 1. The molecule has 3 nitrogen and oxygen atoms in total. The quantitative estimate of drug-likeness (QED) is 0.0703. The summed E-state index contributed by atoms with van der Waals surface area (Å²) in [7, 11) is 0. The summed E-state index contributed by atoms with van der Waals surface area (Å²) in [6.07, 6.45) is 10.2. The monoisotopic (exact) mass is 496 g/mol. The van der Waals surface area contributed by atoms with Crippen molar-refractivity contribution < 1.29 is 13.8 Å². The van der Waals surface area contributed by atoms with Crippen molar-refractivity contribution in [3.8, 4) is 0 Å². The Hall–Kier alpha value is -1.15. The van der Waals surface area contributed by atoms with Crippen LogP contribution in [0.15, 0.2) is 30.0 Å². The summed E-state index contributed by atoms with van der Waals surface area (Å²) in [5.74, 6) is 2.62. The van der Waals surface area contributed by atoms with Gasteiger partial charge in [-0.2, -0.15) is 0 Å². The third-order valence-electron chi connectivity index (χ3n) is 7.13. The maximum absolute atomic E-state index is 12.4. The van der Waals surface area contributed by atoms with Gasteiger partial charge in [-0.15, -0.1) is 5.73 Å². The highest BCUT2D eigenvalue weighted by Gasteiger charge is 2.23. The number of unbranched alkanes of at least 4 members (excludes halogenated alkanes) is 3. The average Bonchev–Trinajstić information content (AvgIpc) is 2.77. The second-order valence-electron chi connectivity index (χ2n) is 11.6. The van der Waals surface area contributed by atoms with Gasteiger partial charge in [-0.1, -0.05) is 99.8 Å². The number of allylic oxidation sites excluding steroid dienone is 1. The minimum absolute atomic E-state index is 0. The first-order valence-corrected chi connectivity index (χ1v) is 14.5. The summed E-state index contributed by atoms with van der Waals surface area (Å²) in [4.78, 5) is 12.4. The van der Waals surface area contributed by atoms with Crippen LogP contribution in [0, 0.1) is 29.6 Å². The normalized spacial score (nSPS) is 14.3. The van der Waals surface area contributed by atoms with Crippen LogP contribution in [0.3, 0.4) is 0 Å². The van der Waals surface area contributed by atoms with Crippen molar-refractivity contribution in [3.05, 3.63) is 30.0 Å². The van der Waals surface area contributed by atoms with Crippen LogP contribution in [-0.2, 0) is 9.53 Å². The average molecular weight is 496 g/mol. The number of nitrogens with one attached hydrogen (secondary N) is 1. The van der Waals surface area contributed by atoms with E-state index in [0.717, 1.165) is 38.5 Å². The van der Waals surface area contributed by atoms with Gasteiger partial charge in [0.25, 0.3) is 0 Å². The summed E-state index contributed by atoms with van der Waals surface area (Å²) in [6, 6.07) is 0.246. The number of carbonyl (C=O) groups excluding carboxylic acids is 1. The number of rotatable bonds is 22. The van der Waals surface area contributed by atoms with Gasteiger partial charge in [0.1, 0.15) is 5.78 Å². The van der Waals surface area contributed by atoms with Crippen LogP contribution in [0.1, 0.15) is 124 Å². The zero-order valence-corrected chi connectivity index (χ0v) is 24.7. The summed E-state index contributed by atoms with van der Waals surface area (Å²) in [5, 5.41) is 3.64. The molecule has 210 valence electrons. The van der Waals surface area contributed by atoms with E-state index in [1.807, 2.05) is 0 Å². The van der Waals surface area contributed by atoms with Gasteiger partial charge >= 0.3 is 0 Å². The van der Waals surface area contributed by atoms with E-state index in [9.17, 15) is 4.79 Å². The van der Waals surface area contributed by atoms with Gasteiger partial charge in [0.2, 0.25) is 0 Å². The predicted molar refractivity (Wildman–Crippen MR) is 160 cm³/mol. The second kappa shape index (κ2) is 20.0. The molecule has 0 aromatic rings. The van der Waals surface area contributed by atoms with Crippen molar-refractivity contribution in [2.75, 3.05) is 13.3 Å². The fraction of sp³-hybridized carbons (Fsp3) is 0.812. The number of carbonyl (C=O) groups is 1. The topological polar surface area (TPSA) is 38.3 Å². The van der Waals surface area contributed by atoms with Crippen LogP contribution in [-0.4, -0.2) is 25.2 Å². The third-order valence-corrected chi connectivity index (χ3v) is 7.13. The molecule has 3 heteroatoms. The fourth-order valence-electron chi connectivity index (χ4n) is 4.85. The Kier molecular flexibility index (Phi) is 19.3. The van der Waals surface area contributed by atoms with E-state index in [1.54, 1.807) is 0 Å². The highest BCUT2D eigenvalue weighted by Crippen LogP contribution is 2.32. The van der Waals surface area contributed by atoms with E-state index >= 15 is 0 Å². The zero-order chi connectivity index (χ0) is 26.8. The molecule has 0 radical (unpaired) electrons. The molecule has 0 bridgehead atoms. The van der Waals surface area contributed by atoms with Gasteiger partial charge in [0.05, 0.1) is 13.3 Å². The highest BCUT2D eigenvalue weighted by atomic mass is 16.5. The van der Waals surface area contributed by atoms with E-state index in [-0.39, 0.29) is 16.2 Å². The fourth-order valence-corrected chi connectivity index (χ4v) is 4.85. The molecule has 0 rings (SSSR count). The molecule has 0 amide bonds. The van der Waals surface area contributed by atoms with E-state index in [0.29, 0.717) is 55.6 Å². The van der Waals surface area contributed by atoms with Crippen molar-refractivity contribution >= 4 is 5.78 Å². The molecule has 35 heavy (non-hydrogen) atoms. The van der Waals surface area contributed by atoms with Crippen LogP contribution in [0.2, 0.25) is 0 Å². The molecule has 0 heterocycles. The lowest BCUT2D eigenvalue weighted by Gasteiger charge is -2.28. The Morgan fingerprint density at radius 3 is 2.17 bits per heavy atom. The number of ketones is 1. The van der Waals surface area contributed by atoms with Crippen molar-refractivity contribution in [3.63, 3.8) is 0 Å². The molecule has 0 saturated heterocycles. The van der Waals surface area contributed by atoms with Crippen molar-refractivity contribution in [1.82, 2.24) is 5.32 Å². The van der Waals surface area contributed by atoms with Gasteiger partial charge in [-0.25, -0.2) is 0 Å². The molecule has 1 N–H and O–H groups in total. The van der Waals surface area contributed by atoms with Crippen LogP contribution in [0.4, 0.5) is 0 Å². The van der Waals surface area contributed by atoms with Gasteiger partial charge in [0.15, 0.2) is 0 Å². The van der Waals surface area contributed by atoms with Crippen molar-refractivity contribution in [2.24, 2.45) is 29.6 Å². The van der Waals surface area contributed by atoms with Crippen LogP contribution in [0.5, 0.6) is 0 Å². The Morgan fingerprint density at radius 2 is 1.66 bits per heavy atom. The zero-order valence-electron chi connectivity index (χ0n) is 24.7. The second-order valence-corrected chi connectivity index (χ2v) is 11.6. The Labute approximate surface area is 223 Å². The predicted octanol–water partition coefficient (Wildman–Crippen LogP) is 9.63. The Bertz CT molecular complexity index is 643. The Morgan fingerprint density at radius 1 is 1.00 bits per heavy atom. The van der Waals surface area contributed by atoms with Crippen molar-refractivity contribution in [1.29, 1.82) is 0 Å². The molecule has 0 unspecified atom stereocenters. The number of hydrogen-bond donors (Lipinski definition) is 1. The molecular formula is C32H65NO2. The molecule has 0 aliphatic heterocycles. The summed E-state index contributed by atoms with van der Waals surface area (Å²) in [5.41, 5.74) is 5.84. The first kappa shape index (κ1) is 33.8. The van der Waals surface area contributed by atoms with Crippen LogP contribution in [0.25, 0.3) is 0 Å². The minimum Gasteiger partial charge on any atom is -0.366 e. The van der Waals surface area contributed by atoms with Gasteiger partial charge in [-0.3, -0.25) is 10.1 Å². The lowest BCUT2D eigenvalue weighted by atomic mass is 9.79. The van der Waals surface area contributed by atoms with Gasteiger partial charge < -0.3 is 4.74 Å². The largest absolute Gasteiger partial charge is 0.366 e. The van der Waals surface area contributed by atoms with E-state index in [4.69, 9.17) is 4.74 Å². The van der Waals surface area contributed by atoms with Crippen molar-refractivity contribution in [2.45, 2.75) is 126 Å². The number of Topliss-reactive ketones (excluding diaryl/α,β-unsaturated/α-hetero) is 1. The third kappa shape index (κ3) is 15.5. The lowest BCUT2D eigenvalue weighted by Crippen LogP contribution is -2.34. The maximum Gasteiger partial charge on any atom is 0.133 e. The summed E-state index contributed by atoms with van der Waals surface area (Å²) in [6.45, 7) is 27.5. The molecule has 0 aromatic heterocycles. The first-order valence-electron chi connectivity index (χ1n) is 14.5. The van der Waals surface area contributed by atoms with E-state index < -0.39 is 0 Å². The summed E-state index contributed by atoms with van der Waals surface area (Å²) < 4.78 is 6.09. The molecule has 3 atom stereocenters. The van der Waals surface area contributed by atoms with E-state index in [2.05, 4.69) is 79.6 Å². The maximum atomic E-state index is 12.4. The minimum atomic E-state index is 0. The number of hydrogen-bond acceptors (Lipinski definition) is 3. The van der Waals surface area contributed by atoms with E-state index in [1.165, 1.54) is 24.0 Å². The van der Waals surface area contributed by atoms with Gasteiger partial charge in [-0.05, 0) is 60.8 Å². The molecule has 0 fully saturated rings. The molecule has 0 aliphatic carbocycles. The molecule has 0 saturated carbocycles. The molecule has 0 spiro atoms.